The molecule has 2 aromatic rings. The van der Waals surface area contributed by atoms with Crippen LogP contribution in [0, 0.1) is 11.8 Å². The minimum absolute atomic E-state index is 0.0716. The number of nitrogens with zero attached hydrogens (tertiary/aromatic N) is 4. The van der Waals surface area contributed by atoms with Crippen molar-refractivity contribution in [3.8, 4) is 11.4 Å². The molecule has 4 rings (SSSR count). The van der Waals surface area contributed by atoms with Crippen LogP contribution in [0.25, 0.3) is 11.4 Å². The van der Waals surface area contributed by atoms with Crippen molar-refractivity contribution in [2.24, 2.45) is 11.8 Å². The van der Waals surface area contributed by atoms with Gasteiger partial charge in [0.15, 0.2) is 6.54 Å². The Bertz CT molecular complexity index is 1070. The molecule has 0 saturated carbocycles. The molecule has 8 heteroatoms. The van der Waals surface area contributed by atoms with Crippen molar-refractivity contribution < 1.29 is 18.7 Å². The van der Waals surface area contributed by atoms with E-state index in [9.17, 15) is 9.59 Å². The minimum atomic E-state index is -0.498. The maximum absolute atomic E-state index is 13.1. The predicted molar refractivity (Wildman–Crippen MR) is 107 cm³/mol. The van der Waals surface area contributed by atoms with Gasteiger partial charge in [0.2, 0.25) is 5.82 Å². The third-order valence-electron chi connectivity index (χ3n) is 4.73. The van der Waals surface area contributed by atoms with Gasteiger partial charge in [0, 0.05) is 5.56 Å². The van der Waals surface area contributed by atoms with Crippen LogP contribution in [0.5, 0.6) is 0 Å². The summed E-state index contributed by atoms with van der Waals surface area (Å²) in [6, 6.07) is 6.81. The fourth-order valence-electron chi connectivity index (χ4n) is 3.42. The summed E-state index contributed by atoms with van der Waals surface area (Å²) < 4.78 is 6.90. The number of halogens is 1. The van der Waals surface area contributed by atoms with Gasteiger partial charge in [0.25, 0.3) is 5.89 Å². The largest absolute Gasteiger partial charge is 0.501 e. The number of hydrogen-bond donors (Lipinski definition) is 0. The van der Waals surface area contributed by atoms with E-state index >= 15 is 0 Å². The molecule has 2 heterocycles. The molecule has 1 aliphatic carbocycles. The number of rotatable bonds is 5. The third kappa shape index (κ3) is 3.65. The predicted octanol–water partition coefficient (Wildman–Crippen LogP) is 3.70. The summed E-state index contributed by atoms with van der Waals surface area (Å²) in [6.45, 7) is 4.36. The monoisotopic (exact) mass is 411 g/mol. The lowest BCUT2D eigenvalue weighted by Crippen LogP contribution is -2.55. The molecule has 1 atom stereocenters. The topological polar surface area (TPSA) is 79.3 Å². The second-order valence-corrected chi connectivity index (χ2v) is 7.76. The van der Waals surface area contributed by atoms with Crippen LogP contribution in [-0.2, 0) is 11.3 Å². The molecule has 0 radical (unpaired) electrons. The summed E-state index contributed by atoms with van der Waals surface area (Å²) in [5.41, 5.74) is 1.26. The Balaban J connectivity index is 1.69. The molecular formula is C21H20ClN4O3+. The van der Waals surface area contributed by atoms with Gasteiger partial charge in [-0.2, -0.15) is 19.3 Å². The highest BCUT2D eigenvalue weighted by Gasteiger charge is 2.47. The molecule has 0 spiro atoms. The van der Waals surface area contributed by atoms with Crippen LogP contribution >= 0.6 is 11.6 Å². The van der Waals surface area contributed by atoms with Crippen LogP contribution in [0.15, 0.2) is 53.1 Å². The summed E-state index contributed by atoms with van der Waals surface area (Å²) >= 11 is 6.21. The molecule has 1 aromatic heterocycles. The normalized spacial score (nSPS) is 18.8. The molecule has 0 fully saturated rings. The zero-order chi connectivity index (χ0) is 20.5. The van der Waals surface area contributed by atoms with Gasteiger partial charge in [-0.15, -0.1) is 0 Å². The minimum Gasteiger partial charge on any atom is -0.335 e. The van der Waals surface area contributed by atoms with E-state index in [-0.39, 0.29) is 30.3 Å². The standard InChI is InChI=1S/C21H20ClN4O3/c1-13(2)11-26-20(27)15-8-4-6-10-17(15)25(21(26)28)12-18-23-19(24-29-18)14-7-3-5-9-16(14)22/h3-10,13,15H,11-12H2,1-2H3/q+1. The van der Waals surface area contributed by atoms with Crippen molar-refractivity contribution in [1.82, 2.24) is 15.0 Å². The van der Waals surface area contributed by atoms with Gasteiger partial charge in [-0.3, -0.25) is 0 Å². The van der Waals surface area contributed by atoms with Gasteiger partial charge in [-0.05, 0) is 24.1 Å². The van der Waals surface area contributed by atoms with Crippen molar-refractivity contribution in [2.75, 3.05) is 6.54 Å². The number of aromatic nitrogens is 2. The Labute approximate surface area is 173 Å². The SMILES string of the molecule is CC(C)CN1C(=O)C2C=CC=CC2=[N+](Cc2nc(-c3ccccc3Cl)no2)C1=O. The maximum Gasteiger partial charge on any atom is 0.501 e. The molecule has 1 unspecified atom stereocenters. The van der Waals surface area contributed by atoms with Crippen molar-refractivity contribution >= 4 is 29.3 Å². The Morgan fingerprint density at radius 2 is 2.03 bits per heavy atom. The smallest absolute Gasteiger partial charge is 0.335 e. The lowest BCUT2D eigenvalue weighted by atomic mass is 9.94. The number of allylic oxidation sites excluding steroid dienone is 3. The number of urea groups is 1. The molecule has 7 nitrogen and oxygen atoms in total. The van der Waals surface area contributed by atoms with Crippen LogP contribution in [0.3, 0.4) is 0 Å². The summed E-state index contributed by atoms with van der Waals surface area (Å²) in [5, 5.41) is 4.51. The first-order valence-electron chi connectivity index (χ1n) is 9.37. The molecule has 0 bridgehead atoms. The molecule has 0 N–H and O–H groups in total. The molecule has 1 aromatic carbocycles. The number of amides is 3. The van der Waals surface area contributed by atoms with Crippen molar-refractivity contribution in [2.45, 2.75) is 20.4 Å². The number of carbonyl (C=O) groups is 2. The number of benzene rings is 1. The van der Waals surface area contributed by atoms with Gasteiger partial charge in [-0.1, -0.05) is 61.0 Å². The van der Waals surface area contributed by atoms with E-state index in [1.165, 1.54) is 9.48 Å². The first-order valence-corrected chi connectivity index (χ1v) is 9.75. The first-order chi connectivity index (χ1) is 14.0. The Hall–Kier alpha value is -3.06. The van der Waals surface area contributed by atoms with Gasteiger partial charge < -0.3 is 4.52 Å². The second kappa shape index (κ2) is 7.75. The molecule has 3 amide bonds. The molecular weight excluding hydrogens is 392 g/mol. The highest BCUT2D eigenvalue weighted by atomic mass is 35.5. The van der Waals surface area contributed by atoms with Crippen LogP contribution < -0.4 is 0 Å². The van der Waals surface area contributed by atoms with E-state index in [0.717, 1.165) is 0 Å². The lowest BCUT2D eigenvalue weighted by Gasteiger charge is -2.27. The van der Waals surface area contributed by atoms with Crippen LogP contribution in [0.4, 0.5) is 4.79 Å². The average Bonchev–Trinajstić information content (AvgIpc) is 3.17. The number of carbonyl (C=O) groups excluding carboxylic acids is 2. The van der Waals surface area contributed by atoms with Crippen LogP contribution in [-0.4, -0.2) is 43.8 Å². The lowest BCUT2D eigenvalue weighted by molar-refractivity contribution is -0.460. The molecule has 2 aliphatic rings. The van der Waals surface area contributed by atoms with Gasteiger partial charge in [-0.25, -0.2) is 4.79 Å². The molecule has 0 saturated heterocycles. The van der Waals surface area contributed by atoms with Crippen molar-refractivity contribution in [3.05, 3.63) is 59.5 Å². The van der Waals surface area contributed by atoms with Crippen molar-refractivity contribution in [1.29, 1.82) is 0 Å². The number of hydrogen-bond acceptors (Lipinski definition) is 5. The Morgan fingerprint density at radius 1 is 1.24 bits per heavy atom. The zero-order valence-electron chi connectivity index (χ0n) is 16.1. The molecule has 148 valence electrons. The molecule has 1 aliphatic heterocycles. The first kappa shape index (κ1) is 19.3. The van der Waals surface area contributed by atoms with Crippen LogP contribution in [0.1, 0.15) is 19.7 Å². The fourth-order valence-corrected chi connectivity index (χ4v) is 3.64. The second-order valence-electron chi connectivity index (χ2n) is 7.35. The number of fused-ring (bicyclic) bond motifs is 1. The summed E-state index contributed by atoms with van der Waals surface area (Å²) in [6.07, 6.45) is 7.20. The Kier molecular flexibility index (Phi) is 5.15. The maximum atomic E-state index is 13.1. The third-order valence-corrected chi connectivity index (χ3v) is 5.06. The molecule has 29 heavy (non-hydrogen) atoms. The van der Waals surface area contributed by atoms with E-state index in [4.69, 9.17) is 16.1 Å². The zero-order valence-corrected chi connectivity index (χ0v) is 16.8. The van der Waals surface area contributed by atoms with Crippen LogP contribution in [0.2, 0.25) is 5.02 Å². The van der Waals surface area contributed by atoms with Gasteiger partial charge >= 0.3 is 11.9 Å². The summed E-state index contributed by atoms with van der Waals surface area (Å²) in [5.74, 6) is 0.0667. The highest BCUT2D eigenvalue weighted by molar-refractivity contribution is 6.33. The van der Waals surface area contributed by atoms with E-state index in [1.54, 1.807) is 30.4 Å². The highest BCUT2D eigenvalue weighted by Crippen LogP contribution is 2.26. The van der Waals surface area contributed by atoms with Gasteiger partial charge in [0.05, 0.1) is 11.6 Å². The Morgan fingerprint density at radius 3 is 2.79 bits per heavy atom. The average molecular weight is 412 g/mol. The van der Waals surface area contributed by atoms with Crippen molar-refractivity contribution in [3.63, 3.8) is 0 Å². The van der Waals surface area contributed by atoms with E-state index in [2.05, 4.69) is 10.1 Å². The fraction of sp³-hybridized carbons (Fsp3) is 0.286. The van der Waals surface area contributed by atoms with E-state index in [1.807, 2.05) is 32.1 Å². The summed E-state index contributed by atoms with van der Waals surface area (Å²) in [4.78, 5) is 31.6. The number of imide groups is 1. The van der Waals surface area contributed by atoms with E-state index in [0.29, 0.717) is 28.7 Å². The van der Waals surface area contributed by atoms with Gasteiger partial charge in [0.1, 0.15) is 11.6 Å². The quantitative estimate of drug-likeness (QED) is 0.701. The van der Waals surface area contributed by atoms with E-state index < -0.39 is 5.92 Å². The summed E-state index contributed by atoms with van der Waals surface area (Å²) in [7, 11) is 0.